The lowest BCUT2D eigenvalue weighted by atomic mass is 9.74. The molecule has 0 spiro atoms. The first-order valence-electron chi connectivity index (χ1n) is 13.3. The number of esters is 1. The molecule has 208 valence electrons. The maximum absolute atomic E-state index is 13.7. The van der Waals surface area contributed by atoms with Crippen molar-refractivity contribution in [1.29, 1.82) is 0 Å². The standard InChI is InChI=1S/C26H42N4O7/c1-8-19-26(7)23(30(25(35)37-26)12-10-9-11-28-29-27)17(5)21(32)15(3)13-14(2)20(31)16(4)22(33)18(6)24(34)36-19/h14-20,23,31H,8-13H2,1-7H3/t14?,15-,16?,17+,18?,19+,20?,23-,26-/m1/s1. The molecule has 2 fully saturated rings. The first-order valence-corrected chi connectivity index (χ1v) is 13.3. The number of carbonyl (C=O) groups is 4. The van der Waals surface area contributed by atoms with Crippen LogP contribution in [-0.2, 0) is 23.9 Å². The maximum atomic E-state index is 13.7. The zero-order chi connectivity index (χ0) is 28.1. The fourth-order valence-electron chi connectivity index (χ4n) is 5.93. The molecule has 2 aliphatic rings. The van der Waals surface area contributed by atoms with Gasteiger partial charge in [-0.3, -0.25) is 14.4 Å². The molecule has 4 unspecified atom stereocenters. The van der Waals surface area contributed by atoms with E-state index in [9.17, 15) is 24.3 Å². The zero-order valence-corrected chi connectivity index (χ0v) is 23.0. The highest BCUT2D eigenvalue weighted by molar-refractivity contribution is 6.00. The summed E-state index contributed by atoms with van der Waals surface area (Å²) in [6.45, 7) is 12.4. The highest BCUT2D eigenvalue weighted by atomic mass is 16.6. The van der Waals surface area contributed by atoms with E-state index in [1.54, 1.807) is 41.5 Å². The van der Waals surface area contributed by atoms with Crippen LogP contribution in [0.4, 0.5) is 4.79 Å². The smallest absolute Gasteiger partial charge is 0.410 e. The summed E-state index contributed by atoms with van der Waals surface area (Å²) in [5, 5.41) is 14.4. The van der Waals surface area contributed by atoms with Crippen molar-refractivity contribution >= 4 is 23.6 Å². The molecule has 0 aromatic carbocycles. The number of unbranched alkanes of at least 4 members (excludes halogenated alkanes) is 1. The highest BCUT2D eigenvalue weighted by Gasteiger charge is 2.59. The third-order valence-electron chi connectivity index (χ3n) is 8.16. The van der Waals surface area contributed by atoms with Crippen LogP contribution in [-0.4, -0.2) is 70.6 Å². The number of ketones is 2. The normalized spacial score (nSPS) is 37.8. The highest BCUT2D eigenvalue weighted by Crippen LogP contribution is 2.41. The average Bonchev–Trinajstić information content (AvgIpc) is 3.13. The molecule has 0 radical (unpaired) electrons. The van der Waals surface area contributed by atoms with Crippen LogP contribution in [0.1, 0.15) is 74.1 Å². The van der Waals surface area contributed by atoms with E-state index in [-0.39, 0.29) is 24.8 Å². The van der Waals surface area contributed by atoms with Crippen molar-refractivity contribution in [1.82, 2.24) is 4.90 Å². The largest absolute Gasteiger partial charge is 0.458 e. The molecule has 2 rings (SSSR count). The van der Waals surface area contributed by atoms with Gasteiger partial charge in [-0.1, -0.05) is 39.7 Å². The van der Waals surface area contributed by atoms with E-state index in [1.807, 2.05) is 0 Å². The lowest BCUT2D eigenvalue weighted by Gasteiger charge is -2.41. The number of ether oxygens (including phenoxy) is 2. The van der Waals surface area contributed by atoms with Gasteiger partial charge in [0, 0.05) is 35.8 Å². The van der Waals surface area contributed by atoms with Crippen molar-refractivity contribution in [2.45, 2.75) is 98.0 Å². The Morgan fingerprint density at radius 3 is 2.32 bits per heavy atom. The van der Waals surface area contributed by atoms with Gasteiger partial charge in [-0.2, -0.15) is 0 Å². The Morgan fingerprint density at radius 1 is 1.08 bits per heavy atom. The first-order chi connectivity index (χ1) is 17.3. The minimum Gasteiger partial charge on any atom is -0.458 e. The Kier molecular flexibility index (Phi) is 10.5. The summed E-state index contributed by atoms with van der Waals surface area (Å²) in [4.78, 5) is 57.2. The van der Waals surface area contributed by atoms with E-state index in [1.165, 1.54) is 11.8 Å². The number of fused-ring (bicyclic) bond motifs is 1. The van der Waals surface area contributed by atoms with Crippen molar-refractivity contribution in [2.75, 3.05) is 13.1 Å². The molecule has 2 heterocycles. The molecule has 2 saturated heterocycles. The van der Waals surface area contributed by atoms with Crippen LogP contribution < -0.4 is 0 Å². The summed E-state index contributed by atoms with van der Waals surface area (Å²) in [6, 6.07) is -0.722. The number of aliphatic hydroxyl groups excluding tert-OH is 1. The Bertz CT molecular complexity index is 921. The summed E-state index contributed by atoms with van der Waals surface area (Å²) < 4.78 is 11.7. The third kappa shape index (κ3) is 6.44. The minimum atomic E-state index is -1.33. The van der Waals surface area contributed by atoms with Gasteiger partial charge in [0.05, 0.1) is 12.1 Å². The lowest BCUT2D eigenvalue weighted by Crippen LogP contribution is -2.57. The second kappa shape index (κ2) is 12.7. The number of Topliss-reactive ketones (excluding diaryl/α,β-unsaturated/α-hetero) is 2. The summed E-state index contributed by atoms with van der Waals surface area (Å²) >= 11 is 0. The topological polar surface area (TPSA) is 159 Å². The van der Waals surface area contributed by atoms with Crippen LogP contribution in [0.2, 0.25) is 0 Å². The monoisotopic (exact) mass is 522 g/mol. The number of aliphatic hydroxyl groups is 1. The Morgan fingerprint density at radius 2 is 1.73 bits per heavy atom. The fourth-order valence-corrected chi connectivity index (χ4v) is 5.93. The molecule has 1 N–H and O–H groups in total. The molecular weight excluding hydrogens is 480 g/mol. The van der Waals surface area contributed by atoms with Gasteiger partial charge in [0.25, 0.3) is 0 Å². The van der Waals surface area contributed by atoms with Crippen LogP contribution in [0, 0.1) is 29.6 Å². The number of hydrogen-bond acceptors (Lipinski definition) is 8. The van der Waals surface area contributed by atoms with E-state index in [0.717, 1.165) is 0 Å². The molecule has 0 saturated carbocycles. The molecule has 11 nitrogen and oxygen atoms in total. The number of carbonyl (C=O) groups excluding carboxylic acids is 4. The van der Waals surface area contributed by atoms with Crippen molar-refractivity contribution in [2.24, 2.45) is 34.7 Å². The van der Waals surface area contributed by atoms with E-state index < -0.39 is 65.4 Å². The van der Waals surface area contributed by atoms with E-state index >= 15 is 0 Å². The SMILES string of the molecule is CC[C@@H]1OC(=O)C(C)C(=O)C(C)C(O)C(C)C[C@@H](C)C(=O)[C@H](C)[C@H]2N(CCCCN=[N+]=[N-])C(=O)O[C@]12C. The fraction of sp³-hybridized carbons (Fsp3) is 0.846. The Labute approximate surface area is 218 Å². The van der Waals surface area contributed by atoms with Crippen LogP contribution in [0.3, 0.4) is 0 Å². The molecule has 1 amide bonds. The van der Waals surface area contributed by atoms with Crippen molar-refractivity contribution < 1.29 is 33.8 Å². The van der Waals surface area contributed by atoms with Gasteiger partial charge in [-0.25, -0.2) is 4.79 Å². The van der Waals surface area contributed by atoms with E-state index in [2.05, 4.69) is 10.0 Å². The van der Waals surface area contributed by atoms with Crippen LogP contribution in [0.25, 0.3) is 10.4 Å². The van der Waals surface area contributed by atoms with Gasteiger partial charge >= 0.3 is 12.1 Å². The van der Waals surface area contributed by atoms with Gasteiger partial charge in [0.2, 0.25) is 0 Å². The number of azide groups is 1. The lowest BCUT2D eigenvalue weighted by molar-refractivity contribution is -0.171. The molecule has 0 aromatic rings. The Balaban J connectivity index is 2.52. The summed E-state index contributed by atoms with van der Waals surface area (Å²) in [5.41, 5.74) is 7.18. The molecule has 0 aromatic heterocycles. The third-order valence-corrected chi connectivity index (χ3v) is 8.16. The van der Waals surface area contributed by atoms with Crippen molar-refractivity contribution in [3.63, 3.8) is 0 Å². The molecular formula is C26H42N4O7. The number of rotatable bonds is 6. The number of amides is 1. The van der Waals surface area contributed by atoms with E-state index in [4.69, 9.17) is 15.0 Å². The quantitative estimate of drug-likeness (QED) is 0.137. The molecule has 0 bridgehead atoms. The minimum absolute atomic E-state index is 0.0988. The predicted octanol–water partition coefficient (Wildman–Crippen LogP) is 4.06. The van der Waals surface area contributed by atoms with Gasteiger partial charge in [-0.15, -0.1) is 0 Å². The molecule has 11 heteroatoms. The van der Waals surface area contributed by atoms with Crippen molar-refractivity contribution in [3.05, 3.63) is 10.4 Å². The van der Waals surface area contributed by atoms with Crippen molar-refractivity contribution in [3.8, 4) is 0 Å². The molecule has 0 aliphatic carbocycles. The van der Waals surface area contributed by atoms with Gasteiger partial charge in [0.1, 0.15) is 17.8 Å². The first kappa shape index (κ1) is 30.6. The maximum Gasteiger partial charge on any atom is 0.410 e. The van der Waals surface area contributed by atoms with Crippen LogP contribution in [0.5, 0.6) is 0 Å². The van der Waals surface area contributed by atoms with Gasteiger partial charge < -0.3 is 19.5 Å². The molecule has 2 aliphatic heterocycles. The predicted molar refractivity (Wildman–Crippen MR) is 135 cm³/mol. The summed E-state index contributed by atoms with van der Waals surface area (Å²) in [7, 11) is 0. The zero-order valence-electron chi connectivity index (χ0n) is 23.0. The van der Waals surface area contributed by atoms with Crippen LogP contribution in [0.15, 0.2) is 5.11 Å². The molecule has 9 atom stereocenters. The Hall–Kier alpha value is -2.65. The number of hydrogen-bond donors (Lipinski definition) is 1. The second-order valence-corrected chi connectivity index (χ2v) is 10.9. The number of nitrogens with zero attached hydrogens (tertiary/aromatic N) is 4. The van der Waals surface area contributed by atoms with Gasteiger partial charge in [0.15, 0.2) is 11.4 Å². The number of cyclic esters (lactones) is 1. The van der Waals surface area contributed by atoms with Crippen LogP contribution >= 0.6 is 0 Å². The van der Waals surface area contributed by atoms with Gasteiger partial charge in [-0.05, 0) is 51.0 Å². The summed E-state index contributed by atoms with van der Waals surface area (Å²) in [5.74, 6) is -4.68. The second-order valence-electron chi connectivity index (χ2n) is 10.9. The molecule has 37 heavy (non-hydrogen) atoms. The average molecular weight is 523 g/mol. The van der Waals surface area contributed by atoms with E-state index in [0.29, 0.717) is 25.7 Å². The summed E-state index contributed by atoms with van der Waals surface area (Å²) in [6.07, 6.45) is -0.803.